The zero-order chi connectivity index (χ0) is 51.4. The van der Waals surface area contributed by atoms with Crippen LogP contribution in [0.25, 0.3) is 37.8 Å². The van der Waals surface area contributed by atoms with E-state index in [0.717, 1.165) is 63.3 Å². The van der Waals surface area contributed by atoms with Crippen molar-refractivity contribution in [2.45, 2.75) is 97.7 Å². The Bertz CT molecular complexity index is 3300. The third kappa shape index (κ3) is 9.78. The maximum atomic E-state index is 17.4. The molecule has 9 rings (SSSR count). The fourth-order valence-electron chi connectivity index (χ4n) is 9.94. The number of carbonyl (C=O) groups excluding carboxylic acids is 2. The molecule has 0 bridgehead atoms. The van der Waals surface area contributed by atoms with Crippen LogP contribution in [0.2, 0.25) is 10.0 Å². The van der Waals surface area contributed by atoms with Crippen LogP contribution >= 0.6 is 34.5 Å². The molecular weight excluding hydrogens is 971 g/mol. The Labute approximate surface area is 433 Å². The second-order valence-electron chi connectivity index (χ2n) is 20.1. The van der Waals surface area contributed by atoms with Crippen molar-refractivity contribution in [3.05, 3.63) is 128 Å². The van der Waals surface area contributed by atoms with Crippen LogP contribution in [0.1, 0.15) is 99.1 Å². The average Bonchev–Trinajstić information content (AvgIpc) is 3.83. The van der Waals surface area contributed by atoms with Crippen LogP contribution in [-0.4, -0.2) is 96.6 Å². The number of aliphatic imine (C=N–C) groups is 1. The van der Waals surface area contributed by atoms with Gasteiger partial charge in [-0.25, -0.2) is 9.37 Å². The van der Waals surface area contributed by atoms with Crippen molar-refractivity contribution in [3.8, 4) is 21.9 Å². The number of carbonyl (C=O) groups is 2. The maximum Gasteiger partial charge on any atom is 0.246 e. The number of rotatable bonds is 14. The highest BCUT2D eigenvalue weighted by atomic mass is 35.5. The molecule has 2 amide bonds. The molecule has 0 aliphatic carbocycles. The average molecular weight is 1030 g/mol. The number of anilines is 2. The molecule has 374 valence electrons. The highest BCUT2D eigenvalue weighted by Gasteiger charge is 2.35. The summed E-state index contributed by atoms with van der Waals surface area (Å²) in [5.41, 5.74) is 3.49. The first-order valence-corrected chi connectivity index (χ1v) is 25.8. The summed E-state index contributed by atoms with van der Waals surface area (Å²) in [5.74, 6) is 1.28. The van der Waals surface area contributed by atoms with Gasteiger partial charge in [-0.05, 0) is 120 Å². The zero-order valence-electron chi connectivity index (χ0n) is 41.9. The molecule has 17 heteroatoms. The number of hydrogen-bond donors (Lipinski definition) is 2. The van der Waals surface area contributed by atoms with Crippen LogP contribution < -0.4 is 15.1 Å². The lowest BCUT2D eigenvalue weighted by Gasteiger charge is -2.38. The van der Waals surface area contributed by atoms with Crippen LogP contribution in [-0.2, 0) is 9.59 Å². The summed E-state index contributed by atoms with van der Waals surface area (Å²) in [6.07, 6.45) is 4.47. The van der Waals surface area contributed by atoms with Gasteiger partial charge in [-0.2, -0.15) is 4.98 Å². The number of thiophene rings is 1. The number of nitrogens with one attached hydrogen (secondary N) is 1. The summed E-state index contributed by atoms with van der Waals surface area (Å²) < 4.78 is 19.5. The Morgan fingerprint density at radius 2 is 1.64 bits per heavy atom. The smallest absolute Gasteiger partial charge is 0.246 e. The predicted molar refractivity (Wildman–Crippen MR) is 289 cm³/mol. The number of halogens is 3. The van der Waals surface area contributed by atoms with E-state index in [9.17, 15) is 14.7 Å². The monoisotopic (exact) mass is 1030 g/mol. The number of benzene rings is 4. The molecule has 1 atom stereocenters. The first-order chi connectivity index (χ1) is 34.2. The van der Waals surface area contributed by atoms with Gasteiger partial charge in [-0.15, -0.1) is 21.5 Å². The van der Waals surface area contributed by atoms with Gasteiger partial charge in [0, 0.05) is 76.3 Å². The SMILES string of the molecule is C=CC(=O)N1CCN(c2nc(N(C)C(C)(C)CCCCC(C)(C)NC(=O)C[C@@H]3N=C(c4ccc(Cl)cc4)c4c(sc(C)c4C)-n4c(C)nnc43)nc3c(F)c(-c4cc(O)cc5ccccc45)c(Cl)cc23)CC1. The summed E-state index contributed by atoms with van der Waals surface area (Å²) in [4.78, 5) is 48.9. The number of phenols is 1. The molecule has 13 nitrogen and oxygen atoms in total. The van der Waals surface area contributed by atoms with E-state index in [1.165, 1.54) is 17.0 Å². The van der Waals surface area contributed by atoms with Crippen LogP contribution in [0, 0.1) is 26.6 Å². The molecule has 3 aromatic heterocycles. The van der Waals surface area contributed by atoms with E-state index >= 15 is 4.39 Å². The second-order valence-corrected chi connectivity index (χ2v) is 22.2. The van der Waals surface area contributed by atoms with Crippen LogP contribution in [0.5, 0.6) is 5.75 Å². The number of amides is 2. The molecular formula is C55H59Cl2FN10O3S. The molecule has 7 aromatic rings. The number of fused-ring (bicyclic) bond motifs is 5. The van der Waals surface area contributed by atoms with Crippen molar-refractivity contribution >= 4 is 85.5 Å². The fourth-order valence-corrected chi connectivity index (χ4v) is 11.6. The topological polar surface area (TPSA) is 145 Å². The lowest BCUT2D eigenvalue weighted by molar-refractivity contribution is -0.126. The minimum absolute atomic E-state index is 0.0134. The number of unbranched alkanes of at least 4 members (excludes halogenated alkanes) is 1. The third-order valence-electron chi connectivity index (χ3n) is 14.3. The van der Waals surface area contributed by atoms with E-state index in [2.05, 4.69) is 54.4 Å². The molecule has 2 aliphatic heterocycles. The predicted octanol–water partition coefficient (Wildman–Crippen LogP) is 11.7. The normalized spacial score (nSPS) is 15.0. The van der Waals surface area contributed by atoms with E-state index in [1.54, 1.807) is 28.4 Å². The van der Waals surface area contributed by atoms with Gasteiger partial charge in [-0.1, -0.05) is 79.0 Å². The van der Waals surface area contributed by atoms with Crippen molar-refractivity contribution in [3.63, 3.8) is 0 Å². The number of aromatic hydroxyl groups is 1. The molecule has 1 saturated heterocycles. The number of nitrogens with zero attached hydrogens (tertiary/aromatic N) is 9. The minimum atomic E-state index is -0.624. The number of piperazine rings is 1. The molecule has 0 spiro atoms. The first kappa shape index (κ1) is 50.5. The zero-order valence-corrected chi connectivity index (χ0v) is 44.2. The van der Waals surface area contributed by atoms with E-state index in [0.29, 0.717) is 66.2 Å². The first-order valence-electron chi connectivity index (χ1n) is 24.2. The van der Waals surface area contributed by atoms with Gasteiger partial charge in [0.15, 0.2) is 11.6 Å². The standard InChI is InChI=1S/C55H59Cl2FN10O3S/c1-10-44(71)66-23-25-67(26-24-66)50-40-29-41(57)46(39-28-37(69)27-35-15-11-12-16-38(35)39)47(58)49(40)60-53(61-50)65(9)55(7,8)22-14-13-21-54(5,6)62-43(70)30-42-51-64-63-33(4)68(51)52-45(31(2)32(3)72-52)48(59-42)34-17-19-36(56)20-18-34/h10-12,15-20,27-29,42,69H,1,13-14,21-26,30H2,2-9H3,(H,62,70)/t42-/m0/s1. The van der Waals surface area contributed by atoms with Crippen molar-refractivity contribution in [2.24, 2.45) is 4.99 Å². The molecule has 4 aromatic carbocycles. The lowest BCUT2D eigenvalue weighted by Crippen LogP contribution is -2.49. The fraction of sp³-hybridized carbons (Fsp3) is 0.364. The van der Waals surface area contributed by atoms with E-state index in [4.69, 9.17) is 38.2 Å². The molecule has 72 heavy (non-hydrogen) atoms. The Morgan fingerprint density at radius 3 is 2.36 bits per heavy atom. The summed E-state index contributed by atoms with van der Waals surface area (Å²) in [6.45, 7) is 19.9. The van der Waals surface area contributed by atoms with Crippen molar-refractivity contribution < 1.29 is 19.1 Å². The molecule has 0 radical (unpaired) electrons. The highest BCUT2D eigenvalue weighted by molar-refractivity contribution is 7.15. The van der Waals surface area contributed by atoms with Gasteiger partial charge in [-0.3, -0.25) is 19.1 Å². The molecule has 2 N–H and O–H groups in total. The summed E-state index contributed by atoms with van der Waals surface area (Å²) >= 11 is 15.0. The summed E-state index contributed by atoms with van der Waals surface area (Å²) in [7, 11) is 1.92. The Hall–Kier alpha value is -6.42. The largest absolute Gasteiger partial charge is 0.508 e. The number of hydrogen-bond acceptors (Lipinski definition) is 11. The van der Waals surface area contributed by atoms with Crippen LogP contribution in [0.4, 0.5) is 16.2 Å². The van der Waals surface area contributed by atoms with Crippen LogP contribution in [0.15, 0.2) is 84.4 Å². The Balaban J connectivity index is 0.931. The van der Waals surface area contributed by atoms with Crippen LogP contribution in [0.3, 0.4) is 0 Å². The Morgan fingerprint density at radius 1 is 0.931 bits per heavy atom. The summed E-state index contributed by atoms with van der Waals surface area (Å²) in [5, 5.41) is 26.8. The van der Waals surface area contributed by atoms with Gasteiger partial charge in [0.1, 0.15) is 34.0 Å². The third-order valence-corrected chi connectivity index (χ3v) is 16.0. The summed E-state index contributed by atoms with van der Waals surface area (Å²) in [6, 6.07) is 19.4. The molecule has 5 heterocycles. The van der Waals surface area contributed by atoms with Gasteiger partial charge < -0.3 is 25.1 Å². The van der Waals surface area contributed by atoms with Gasteiger partial charge >= 0.3 is 0 Å². The van der Waals surface area contributed by atoms with Crippen molar-refractivity contribution in [2.75, 3.05) is 43.0 Å². The molecule has 0 saturated carbocycles. The van der Waals surface area contributed by atoms with E-state index < -0.39 is 22.9 Å². The molecule has 0 unspecified atom stereocenters. The van der Waals surface area contributed by atoms with Gasteiger partial charge in [0.2, 0.25) is 17.8 Å². The Kier molecular flexibility index (Phi) is 14.0. The minimum Gasteiger partial charge on any atom is -0.508 e. The van der Waals surface area contributed by atoms with Gasteiger partial charge in [0.05, 0.1) is 17.2 Å². The second kappa shape index (κ2) is 19.9. The highest BCUT2D eigenvalue weighted by Crippen LogP contribution is 2.44. The van der Waals surface area contributed by atoms with Gasteiger partial charge in [0.25, 0.3) is 0 Å². The van der Waals surface area contributed by atoms with Crippen molar-refractivity contribution in [1.29, 1.82) is 0 Å². The number of phenolic OH excluding ortho intramolecular Hbond substituents is 1. The maximum absolute atomic E-state index is 17.4. The van der Waals surface area contributed by atoms with E-state index in [1.807, 2.05) is 86.1 Å². The molecule has 1 fully saturated rings. The quantitative estimate of drug-likeness (QED) is 0.0803. The number of aryl methyl sites for hydroxylation is 2. The lowest BCUT2D eigenvalue weighted by atomic mass is 9.91. The number of aromatic nitrogens is 5. The molecule has 2 aliphatic rings. The van der Waals surface area contributed by atoms with Crippen molar-refractivity contribution in [1.82, 2.24) is 34.9 Å². The van der Waals surface area contributed by atoms with E-state index in [-0.39, 0.29) is 40.1 Å².